The molecule has 0 spiro atoms. The van der Waals surface area contributed by atoms with Crippen molar-refractivity contribution in [2.24, 2.45) is 11.8 Å². The average Bonchev–Trinajstić information content (AvgIpc) is 3.27. The van der Waals surface area contributed by atoms with Crippen LogP contribution in [0.15, 0.2) is 53.1 Å². The Bertz CT molecular complexity index is 1180. The number of fused-ring (bicyclic) bond motifs is 1. The van der Waals surface area contributed by atoms with Gasteiger partial charge in [0.1, 0.15) is 5.82 Å². The number of piperidine rings is 1. The van der Waals surface area contributed by atoms with Crippen molar-refractivity contribution < 1.29 is 22.8 Å². The van der Waals surface area contributed by atoms with Gasteiger partial charge in [-0.25, -0.2) is 18.6 Å². The zero-order chi connectivity index (χ0) is 23.0. The van der Waals surface area contributed by atoms with Crippen molar-refractivity contribution >= 4 is 23.9 Å². The smallest absolute Gasteiger partial charge is 0.377 e. The summed E-state index contributed by atoms with van der Waals surface area (Å²) in [5.41, 5.74) is 3.18. The number of aromatic nitrogens is 2. The Hall–Kier alpha value is -3.55. The second-order valence-electron chi connectivity index (χ2n) is 8.33. The Balaban J connectivity index is 1.40. The zero-order valence-corrected chi connectivity index (χ0v) is 18.1. The lowest BCUT2D eigenvalue weighted by Crippen LogP contribution is -2.28. The van der Waals surface area contributed by atoms with E-state index < -0.39 is 23.7 Å². The summed E-state index contributed by atoms with van der Waals surface area (Å²) >= 11 is 0. The van der Waals surface area contributed by atoms with Gasteiger partial charge in [0.25, 0.3) is 5.92 Å². The van der Waals surface area contributed by atoms with E-state index in [1.807, 2.05) is 59.5 Å². The molecule has 170 valence electrons. The monoisotopic (exact) mass is 451 g/mol. The molecular weight excluding hydrogens is 428 g/mol. The van der Waals surface area contributed by atoms with E-state index >= 15 is 0 Å². The van der Waals surface area contributed by atoms with Crippen LogP contribution in [0, 0.1) is 11.8 Å². The van der Waals surface area contributed by atoms with E-state index in [1.54, 1.807) is 13.0 Å². The summed E-state index contributed by atoms with van der Waals surface area (Å²) in [5.74, 6) is -3.50. The van der Waals surface area contributed by atoms with Crippen LogP contribution >= 0.6 is 0 Å². The summed E-state index contributed by atoms with van der Waals surface area (Å²) in [6, 6.07) is 15.2. The number of rotatable bonds is 7. The van der Waals surface area contributed by atoms with E-state index in [4.69, 9.17) is 14.2 Å². The second kappa shape index (κ2) is 8.42. The third-order valence-electron chi connectivity index (χ3n) is 6.16. The maximum atomic E-state index is 13.6. The average molecular weight is 451 g/mol. The van der Waals surface area contributed by atoms with Crippen molar-refractivity contribution in [1.29, 1.82) is 0 Å². The zero-order valence-electron chi connectivity index (χ0n) is 18.1. The molecule has 2 aromatic heterocycles. The van der Waals surface area contributed by atoms with Crippen molar-refractivity contribution in [2.75, 3.05) is 24.6 Å². The standard InChI is InChI=1S/C25H23F2N3O3/c1-2-32-24(31)22-13-18(29-33-22)12-17-9-11-23(30-14-19-20(15-30)25(19,26)27)28-21(17)10-8-16-6-4-3-5-7-16/h3-11,13,19-20H,2,12,14-15H2,1H3/b10-8+. The molecule has 1 aromatic carbocycles. The van der Waals surface area contributed by atoms with E-state index in [2.05, 4.69) is 5.16 Å². The maximum Gasteiger partial charge on any atom is 0.377 e. The highest BCUT2D eigenvalue weighted by molar-refractivity contribution is 5.86. The van der Waals surface area contributed by atoms with Gasteiger partial charge in [-0.3, -0.25) is 0 Å². The van der Waals surface area contributed by atoms with Crippen LogP contribution in [0.1, 0.15) is 40.0 Å². The molecule has 33 heavy (non-hydrogen) atoms. The molecule has 6 nitrogen and oxygen atoms in total. The number of hydrogen-bond donors (Lipinski definition) is 0. The highest BCUT2D eigenvalue weighted by atomic mass is 19.3. The number of pyridine rings is 1. The Morgan fingerprint density at radius 1 is 1.18 bits per heavy atom. The van der Waals surface area contributed by atoms with Crippen LogP contribution in [0.5, 0.6) is 0 Å². The fraction of sp³-hybridized carbons (Fsp3) is 0.320. The van der Waals surface area contributed by atoms with E-state index in [0.29, 0.717) is 36.7 Å². The number of benzene rings is 1. The minimum atomic E-state index is -2.53. The first-order valence-corrected chi connectivity index (χ1v) is 10.9. The largest absolute Gasteiger partial charge is 0.460 e. The summed E-state index contributed by atoms with van der Waals surface area (Å²) in [6.07, 6.45) is 4.26. The third kappa shape index (κ3) is 4.25. The summed E-state index contributed by atoms with van der Waals surface area (Å²) < 4.78 is 37.3. The quantitative estimate of drug-likeness (QED) is 0.485. The van der Waals surface area contributed by atoms with Crippen molar-refractivity contribution in [3.05, 3.63) is 76.8 Å². The Labute approximate surface area is 189 Å². The fourth-order valence-corrected chi connectivity index (χ4v) is 4.29. The molecule has 2 aliphatic rings. The van der Waals surface area contributed by atoms with Crippen LogP contribution in [-0.2, 0) is 11.2 Å². The highest BCUT2D eigenvalue weighted by Gasteiger charge is 2.71. The van der Waals surface area contributed by atoms with Gasteiger partial charge in [-0.2, -0.15) is 0 Å². The number of carbonyl (C=O) groups excluding carboxylic acids is 1. The van der Waals surface area contributed by atoms with E-state index in [9.17, 15) is 13.6 Å². The first kappa shape index (κ1) is 21.3. The number of ether oxygens (including phenoxy) is 1. The molecular formula is C25H23F2N3O3. The molecule has 0 amide bonds. The van der Waals surface area contributed by atoms with Gasteiger partial charge >= 0.3 is 5.97 Å². The van der Waals surface area contributed by atoms with Crippen LogP contribution in [0.25, 0.3) is 12.2 Å². The maximum absolute atomic E-state index is 13.6. The van der Waals surface area contributed by atoms with Crippen molar-refractivity contribution in [2.45, 2.75) is 19.3 Å². The highest BCUT2D eigenvalue weighted by Crippen LogP contribution is 2.59. The molecule has 0 N–H and O–H groups in total. The van der Waals surface area contributed by atoms with Gasteiger partial charge in [0.2, 0.25) is 5.76 Å². The number of hydrogen-bond acceptors (Lipinski definition) is 6. The molecule has 2 fully saturated rings. The number of halogens is 2. The van der Waals surface area contributed by atoms with Gasteiger partial charge in [-0.05, 0) is 30.2 Å². The molecule has 1 saturated carbocycles. The Morgan fingerprint density at radius 2 is 1.94 bits per heavy atom. The van der Waals surface area contributed by atoms with Gasteiger partial charge in [0.15, 0.2) is 0 Å². The van der Waals surface area contributed by atoms with E-state index in [-0.39, 0.29) is 12.4 Å². The lowest BCUT2D eigenvalue weighted by Gasteiger charge is -2.21. The number of anilines is 1. The summed E-state index contributed by atoms with van der Waals surface area (Å²) in [7, 11) is 0. The topological polar surface area (TPSA) is 68.5 Å². The molecule has 3 aromatic rings. The SMILES string of the molecule is CCOC(=O)c1cc(Cc2ccc(N3CC4C(C3)C4(F)F)nc2/C=C/c2ccccc2)no1. The van der Waals surface area contributed by atoms with Crippen LogP contribution in [0.4, 0.5) is 14.6 Å². The summed E-state index contributed by atoms with van der Waals surface area (Å²) in [4.78, 5) is 18.6. The first-order chi connectivity index (χ1) is 16.0. The molecule has 0 bridgehead atoms. The fourth-order valence-electron chi connectivity index (χ4n) is 4.29. The Kier molecular flexibility index (Phi) is 5.44. The van der Waals surface area contributed by atoms with Crippen LogP contribution in [0.2, 0.25) is 0 Å². The summed E-state index contributed by atoms with van der Waals surface area (Å²) in [5, 5.41) is 3.98. The van der Waals surface area contributed by atoms with E-state index in [1.165, 1.54) is 0 Å². The molecule has 2 unspecified atom stereocenters. The van der Waals surface area contributed by atoms with Crippen molar-refractivity contribution in [3.63, 3.8) is 0 Å². The van der Waals surface area contributed by atoms with Gasteiger partial charge in [-0.1, -0.05) is 47.6 Å². The molecule has 5 rings (SSSR count). The second-order valence-corrected chi connectivity index (χ2v) is 8.33. The molecule has 1 aliphatic carbocycles. The minimum Gasteiger partial charge on any atom is -0.460 e. The van der Waals surface area contributed by atoms with Gasteiger partial charge in [0, 0.05) is 25.6 Å². The molecule has 8 heteroatoms. The Morgan fingerprint density at radius 3 is 2.67 bits per heavy atom. The molecule has 1 aliphatic heterocycles. The van der Waals surface area contributed by atoms with Gasteiger partial charge in [-0.15, -0.1) is 0 Å². The molecule has 3 heterocycles. The van der Waals surface area contributed by atoms with Gasteiger partial charge in [0.05, 0.1) is 29.8 Å². The van der Waals surface area contributed by atoms with Crippen LogP contribution in [0.3, 0.4) is 0 Å². The van der Waals surface area contributed by atoms with Crippen LogP contribution < -0.4 is 4.90 Å². The van der Waals surface area contributed by atoms with Crippen molar-refractivity contribution in [3.8, 4) is 0 Å². The summed E-state index contributed by atoms with van der Waals surface area (Å²) in [6.45, 7) is 2.60. The molecule has 0 radical (unpaired) electrons. The lowest BCUT2D eigenvalue weighted by molar-refractivity contribution is 0.0479. The normalized spacial score (nSPS) is 20.8. The number of alkyl halides is 2. The number of carbonyl (C=O) groups is 1. The first-order valence-electron chi connectivity index (χ1n) is 10.9. The molecule has 2 atom stereocenters. The third-order valence-corrected chi connectivity index (χ3v) is 6.16. The van der Waals surface area contributed by atoms with Crippen molar-refractivity contribution in [1.82, 2.24) is 10.1 Å². The predicted octanol–water partition coefficient (Wildman–Crippen LogP) is 4.71. The minimum absolute atomic E-state index is 0.0510. The van der Waals surface area contributed by atoms with E-state index in [0.717, 1.165) is 11.1 Å². The van der Waals surface area contributed by atoms with Gasteiger partial charge < -0.3 is 14.2 Å². The van der Waals surface area contributed by atoms with Crippen LogP contribution in [-0.4, -0.2) is 41.7 Å². The predicted molar refractivity (Wildman–Crippen MR) is 119 cm³/mol. The molecule has 1 saturated heterocycles. The lowest BCUT2D eigenvalue weighted by atomic mass is 10.1. The number of esters is 1. The number of nitrogens with zero attached hydrogens (tertiary/aromatic N) is 3.